The topological polar surface area (TPSA) is 104 Å². The quantitative estimate of drug-likeness (QED) is 0.616. The van der Waals surface area contributed by atoms with E-state index in [1.165, 1.54) is 5.56 Å². The minimum Gasteiger partial charge on any atom is -0.330 e. The Morgan fingerprint density at radius 2 is 1.91 bits per heavy atom. The van der Waals surface area contributed by atoms with Crippen LogP contribution in [0.25, 0.3) is 11.4 Å². The number of benzene rings is 2. The van der Waals surface area contributed by atoms with Crippen LogP contribution in [0.5, 0.6) is 0 Å². The van der Waals surface area contributed by atoms with E-state index in [0.29, 0.717) is 18.9 Å². The maximum atomic E-state index is 13.2. The Morgan fingerprint density at radius 1 is 1.12 bits per heavy atom. The van der Waals surface area contributed by atoms with Gasteiger partial charge in [0, 0.05) is 47.4 Å². The highest BCUT2D eigenvalue weighted by molar-refractivity contribution is 6.30. The molecule has 1 saturated carbocycles. The van der Waals surface area contributed by atoms with Crippen molar-refractivity contribution in [1.29, 1.82) is 0 Å². The first-order chi connectivity index (χ1) is 15.6. The number of aromatic amines is 1. The summed E-state index contributed by atoms with van der Waals surface area (Å²) in [5.41, 5.74) is 9.17. The number of hydrogen-bond donors (Lipinski definition) is 2. The largest absolute Gasteiger partial charge is 0.330 e. The van der Waals surface area contributed by atoms with Crippen molar-refractivity contribution in [3.63, 3.8) is 0 Å². The first-order valence-electron chi connectivity index (χ1n) is 11.0. The molecule has 1 aliphatic carbocycles. The van der Waals surface area contributed by atoms with Gasteiger partial charge in [-0.05, 0) is 78.1 Å². The molecule has 1 saturated heterocycles. The fourth-order valence-corrected chi connectivity index (χ4v) is 5.30. The second-order valence-electron chi connectivity index (χ2n) is 8.65. The lowest BCUT2D eigenvalue weighted by Crippen LogP contribution is -2.46. The van der Waals surface area contributed by atoms with E-state index >= 15 is 0 Å². The molecule has 166 valence electrons. The molecule has 3 aromatic rings. The average molecular weight is 452 g/mol. The van der Waals surface area contributed by atoms with Gasteiger partial charge in [-0.1, -0.05) is 23.7 Å². The van der Waals surface area contributed by atoms with Crippen molar-refractivity contribution >= 4 is 23.3 Å². The summed E-state index contributed by atoms with van der Waals surface area (Å²) < 4.78 is 0. The maximum absolute atomic E-state index is 13.2. The molecular formula is C23H26ClN7O. The number of nitrogens with zero attached hydrogens (tertiary/aromatic N) is 5. The second kappa shape index (κ2) is 8.52. The number of halogens is 1. The van der Waals surface area contributed by atoms with E-state index in [4.69, 9.17) is 17.3 Å². The zero-order chi connectivity index (χ0) is 22.1. The Bertz CT molecular complexity index is 1080. The molecule has 5 rings (SSSR count). The minimum atomic E-state index is -0.0603. The predicted octanol–water partition coefficient (Wildman–Crippen LogP) is 3.60. The molecule has 1 aliphatic heterocycles. The summed E-state index contributed by atoms with van der Waals surface area (Å²) in [6.45, 7) is 2.02. The fourth-order valence-electron chi connectivity index (χ4n) is 5.11. The zero-order valence-electron chi connectivity index (χ0n) is 17.7. The smallest absolute Gasteiger partial charge is 0.324 e. The lowest BCUT2D eigenvalue weighted by Gasteiger charge is -2.42. The molecule has 32 heavy (non-hydrogen) atoms. The molecule has 0 radical (unpaired) electrons. The summed E-state index contributed by atoms with van der Waals surface area (Å²) in [7, 11) is 0. The number of H-pyrrole nitrogens is 1. The van der Waals surface area contributed by atoms with Gasteiger partial charge in [-0.2, -0.15) is 0 Å². The first-order valence-corrected chi connectivity index (χ1v) is 11.4. The van der Waals surface area contributed by atoms with Crippen molar-refractivity contribution in [3.05, 3.63) is 59.1 Å². The normalized spacial score (nSPS) is 23.7. The molecule has 0 spiro atoms. The molecule has 2 heterocycles. The van der Waals surface area contributed by atoms with Gasteiger partial charge in [-0.25, -0.2) is 9.89 Å². The van der Waals surface area contributed by atoms with Crippen molar-refractivity contribution < 1.29 is 4.79 Å². The van der Waals surface area contributed by atoms with Crippen LogP contribution in [0.4, 0.5) is 10.5 Å². The molecule has 2 amide bonds. The summed E-state index contributed by atoms with van der Waals surface area (Å²) in [6, 6.07) is 16.1. The minimum absolute atomic E-state index is 0.0603. The van der Waals surface area contributed by atoms with Crippen LogP contribution in [0, 0.1) is 0 Å². The van der Waals surface area contributed by atoms with Gasteiger partial charge in [0.2, 0.25) is 0 Å². The average Bonchev–Trinajstić information content (AvgIpc) is 3.50. The number of tetrazole rings is 1. The van der Waals surface area contributed by atoms with Gasteiger partial charge >= 0.3 is 6.03 Å². The number of urea groups is 1. The number of carbonyl (C=O) groups excluding carboxylic acids is 1. The number of amides is 2. The Hall–Kier alpha value is -2.97. The van der Waals surface area contributed by atoms with E-state index in [1.54, 1.807) is 0 Å². The van der Waals surface area contributed by atoms with Crippen LogP contribution >= 0.6 is 11.6 Å². The van der Waals surface area contributed by atoms with Gasteiger partial charge < -0.3 is 10.6 Å². The van der Waals surface area contributed by atoms with Crippen LogP contribution in [0.15, 0.2) is 48.5 Å². The van der Waals surface area contributed by atoms with Crippen molar-refractivity contribution in [3.8, 4) is 11.4 Å². The zero-order valence-corrected chi connectivity index (χ0v) is 18.5. The summed E-state index contributed by atoms with van der Waals surface area (Å²) in [4.78, 5) is 17.1. The van der Waals surface area contributed by atoms with Gasteiger partial charge in [-0.15, -0.1) is 5.10 Å². The third-order valence-corrected chi connectivity index (χ3v) is 7.25. The fraction of sp³-hybridized carbons (Fsp3) is 0.391. The van der Waals surface area contributed by atoms with Gasteiger partial charge in [0.15, 0.2) is 5.82 Å². The molecular weight excluding hydrogens is 426 g/mol. The Morgan fingerprint density at radius 3 is 2.56 bits per heavy atom. The lowest BCUT2D eigenvalue weighted by molar-refractivity contribution is 0.156. The van der Waals surface area contributed by atoms with Crippen molar-refractivity contribution in [2.75, 3.05) is 24.5 Å². The number of carbonyl (C=O) groups is 1. The van der Waals surface area contributed by atoms with E-state index in [-0.39, 0.29) is 17.5 Å². The molecule has 0 atom stereocenters. The SMILES string of the molecule is NC[C@]1(c2cccc(Cl)c2)CC[C@H](N2CCN(c3ccc(-c4nnn[nH]4)cc3)C2=O)CC1. The summed E-state index contributed by atoms with van der Waals surface area (Å²) in [5, 5.41) is 14.6. The summed E-state index contributed by atoms with van der Waals surface area (Å²) in [5.74, 6) is 0.608. The molecule has 8 nitrogen and oxygen atoms in total. The van der Waals surface area contributed by atoms with Crippen molar-refractivity contribution in [1.82, 2.24) is 25.5 Å². The van der Waals surface area contributed by atoms with Crippen LogP contribution < -0.4 is 10.6 Å². The monoisotopic (exact) mass is 451 g/mol. The predicted molar refractivity (Wildman–Crippen MR) is 124 cm³/mol. The van der Waals surface area contributed by atoms with Gasteiger partial charge in [0.05, 0.1) is 0 Å². The number of nitrogens with two attached hydrogens (primary N) is 1. The summed E-state index contributed by atoms with van der Waals surface area (Å²) >= 11 is 6.24. The molecule has 2 aliphatic rings. The van der Waals surface area contributed by atoms with E-state index in [1.807, 2.05) is 52.3 Å². The van der Waals surface area contributed by atoms with Gasteiger partial charge in [0.1, 0.15) is 0 Å². The lowest BCUT2D eigenvalue weighted by atomic mass is 9.68. The Labute approximate surface area is 191 Å². The van der Waals surface area contributed by atoms with Crippen LogP contribution in [-0.4, -0.2) is 57.2 Å². The highest BCUT2D eigenvalue weighted by Gasteiger charge is 2.41. The van der Waals surface area contributed by atoms with Gasteiger partial charge in [0.25, 0.3) is 0 Å². The van der Waals surface area contributed by atoms with Gasteiger partial charge in [-0.3, -0.25) is 4.90 Å². The third-order valence-electron chi connectivity index (χ3n) is 7.02. The van der Waals surface area contributed by atoms with Crippen LogP contribution in [0.3, 0.4) is 0 Å². The standard InChI is InChI=1S/C23H26ClN7O/c24-18-3-1-2-17(14-18)23(15-25)10-8-20(9-11-23)31-13-12-30(22(31)32)19-6-4-16(5-7-19)21-26-28-29-27-21/h1-7,14,20H,8-13,15,25H2,(H,26,27,28,29)/t20-,23-. The number of rotatable bonds is 5. The number of hydrogen-bond acceptors (Lipinski definition) is 5. The highest BCUT2D eigenvalue weighted by Crippen LogP contribution is 2.41. The van der Waals surface area contributed by atoms with Crippen LogP contribution in [0.1, 0.15) is 31.2 Å². The number of aromatic nitrogens is 4. The summed E-state index contributed by atoms with van der Waals surface area (Å²) in [6.07, 6.45) is 3.80. The number of anilines is 1. The van der Waals surface area contributed by atoms with E-state index in [0.717, 1.165) is 48.5 Å². The molecule has 9 heteroatoms. The molecule has 3 N–H and O–H groups in total. The van der Waals surface area contributed by atoms with E-state index in [9.17, 15) is 4.79 Å². The Kier molecular flexibility index (Phi) is 5.57. The molecule has 1 aromatic heterocycles. The van der Waals surface area contributed by atoms with Crippen LogP contribution in [-0.2, 0) is 5.41 Å². The molecule has 0 bridgehead atoms. The molecule has 0 unspecified atom stereocenters. The molecule has 2 fully saturated rings. The van der Waals surface area contributed by atoms with Crippen molar-refractivity contribution in [2.24, 2.45) is 5.73 Å². The first kappa shape index (κ1) is 20.9. The van der Waals surface area contributed by atoms with Crippen molar-refractivity contribution in [2.45, 2.75) is 37.1 Å². The number of nitrogens with one attached hydrogen (secondary N) is 1. The second-order valence-corrected chi connectivity index (χ2v) is 9.09. The Balaban J connectivity index is 1.26. The highest BCUT2D eigenvalue weighted by atomic mass is 35.5. The van der Waals surface area contributed by atoms with E-state index < -0.39 is 0 Å². The van der Waals surface area contributed by atoms with Crippen LogP contribution in [0.2, 0.25) is 5.02 Å². The van der Waals surface area contributed by atoms with E-state index in [2.05, 4.69) is 26.7 Å². The molecule has 2 aromatic carbocycles. The third kappa shape index (κ3) is 3.73. The maximum Gasteiger partial charge on any atom is 0.324 e.